The second-order valence-electron chi connectivity index (χ2n) is 5.91. The number of carbonyl (C=O) groups is 1. The lowest BCUT2D eigenvalue weighted by atomic mass is 10.1. The average molecular weight is 401 g/mol. The molecule has 1 unspecified atom stereocenters. The monoisotopic (exact) mass is 401 g/mol. The minimum absolute atomic E-state index is 0.191. The first-order valence-electron chi connectivity index (χ1n) is 7.86. The van der Waals surface area contributed by atoms with Crippen LogP contribution in [0.25, 0.3) is 0 Å². The Morgan fingerprint density at radius 1 is 1.15 bits per heavy atom. The fraction of sp³-hybridized carbons (Fsp3) is 0.278. The maximum atomic E-state index is 12.8. The van der Waals surface area contributed by atoms with Crippen LogP contribution in [0.2, 0.25) is 0 Å². The molecule has 5 nitrogen and oxygen atoms in total. The van der Waals surface area contributed by atoms with Crippen molar-refractivity contribution in [1.29, 1.82) is 0 Å². The molecule has 0 heterocycles. The minimum atomic E-state index is -4.51. The van der Waals surface area contributed by atoms with Crippen LogP contribution in [0.1, 0.15) is 40.0 Å². The van der Waals surface area contributed by atoms with Gasteiger partial charge in [-0.25, -0.2) is 17.9 Å². The highest BCUT2D eigenvalue weighted by atomic mass is 32.2. The van der Waals surface area contributed by atoms with Gasteiger partial charge in [0, 0.05) is 6.04 Å². The summed E-state index contributed by atoms with van der Waals surface area (Å²) in [7, 11) is -2.65. The smallest absolute Gasteiger partial charge is 0.416 e. The Hall–Kier alpha value is -2.39. The minimum Gasteiger partial charge on any atom is -0.465 e. The summed E-state index contributed by atoms with van der Waals surface area (Å²) in [5, 5.41) is 0. The van der Waals surface area contributed by atoms with Gasteiger partial charge in [0.1, 0.15) is 0 Å². The van der Waals surface area contributed by atoms with E-state index in [1.165, 1.54) is 50.4 Å². The van der Waals surface area contributed by atoms with E-state index >= 15 is 0 Å². The predicted octanol–water partition coefficient (Wildman–Crippen LogP) is 3.67. The lowest BCUT2D eigenvalue weighted by Crippen LogP contribution is -2.28. The third-order valence-electron chi connectivity index (χ3n) is 3.78. The molecule has 0 spiro atoms. The van der Waals surface area contributed by atoms with Gasteiger partial charge >= 0.3 is 12.1 Å². The molecule has 0 aliphatic heterocycles. The molecule has 0 radical (unpaired) electrons. The molecule has 0 aromatic heterocycles. The fourth-order valence-electron chi connectivity index (χ4n) is 2.49. The highest BCUT2D eigenvalue weighted by Gasteiger charge is 2.31. The Morgan fingerprint density at radius 2 is 1.81 bits per heavy atom. The van der Waals surface area contributed by atoms with E-state index in [1.807, 2.05) is 0 Å². The van der Waals surface area contributed by atoms with Crippen molar-refractivity contribution >= 4 is 16.0 Å². The number of alkyl halides is 3. The maximum Gasteiger partial charge on any atom is 0.416 e. The van der Waals surface area contributed by atoms with E-state index in [1.54, 1.807) is 0 Å². The maximum absolute atomic E-state index is 12.8. The van der Waals surface area contributed by atoms with Gasteiger partial charge in [-0.2, -0.15) is 13.2 Å². The Balaban J connectivity index is 2.16. The van der Waals surface area contributed by atoms with E-state index < -0.39 is 39.5 Å². The molecule has 2 rings (SSSR count). The van der Waals surface area contributed by atoms with Crippen molar-refractivity contribution in [1.82, 2.24) is 4.72 Å². The van der Waals surface area contributed by atoms with Crippen molar-refractivity contribution in [2.75, 3.05) is 7.11 Å². The molecule has 0 aliphatic rings. The van der Waals surface area contributed by atoms with Gasteiger partial charge in [0.25, 0.3) is 0 Å². The van der Waals surface area contributed by atoms with E-state index in [9.17, 15) is 26.4 Å². The Morgan fingerprint density at radius 3 is 2.44 bits per heavy atom. The molecule has 0 bridgehead atoms. The van der Waals surface area contributed by atoms with Crippen molar-refractivity contribution in [2.45, 2.75) is 24.9 Å². The van der Waals surface area contributed by atoms with Crippen molar-refractivity contribution in [2.24, 2.45) is 0 Å². The molecule has 1 N–H and O–H groups in total. The molecule has 2 aromatic carbocycles. The van der Waals surface area contributed by atoms with Gasteiger partial charge in [-0.3, -0.25) is 0 Å². The largest absolute Gasteiger partial charge is 0.465 e. The number of benzene rings is 2. The van der Waals surface area contributed by atoms with Crippen molar-refractivity contribution in [3.05, 3.63) is 70.8 Å². The number of carbonyl (C=O) groups excluding carboxylic acids is 1. The van der Waals surface area contributed by atoms with Crippen LogP contribution in [-0.2, 0) is 26.7 Å². The summed E-state index contributed by atoms with van der Waals surface area (Å²) >= 11 is 0. The second kappa shape index (κ2) is 8.10. The Labute approximate surface area is 155 Å². The number of methoxy groups -OCH3 is 1. The van der Waals surface area contributed by atoms with E-state index in [0.717, 1.165) is 12.1 Å². The lowest BCUT2D eigenvalue weighted by Gasteiger charge is -2.16. The molecule has 0 saturated heterocycles. The number of ether oxygens (including phenoxy) is 1. The molecule has 0 amide bonds. The molecular formula is C18H18F3NO4S. The van der Waals surface area contributed by atoms with E-state index in [2.05, 4.69) is 9.46 Å². The van der Waals surface area contributed by atoms with Crippen molar-refractivity contribution in [3.8, 4) is 0 Å². The molecule has 0 aliphatic carbocycles. The number of hydrogen-bond acceptors (Lipinski definition) is 4. The van der Waals surface area contributed by atoms with E-state index in [-0.39, 0.29) is 11.1 Å². The molecule has 0 fully saturated rings. The molecule has 146 valence electrons. The summed E-state index contributed by atoms with van der Waals surface area (Å²) in [6, 6.07) is 9.53. The summed E-state index contributed by atoms with van der Waals surface area (Å²) in [6.45, 7) is 1.46. The van der Waals surface area contributed by atoms with Gasteiger partial charge in [0.05, 0.1) is 24.0 Å². The number of rotatable bonds is 6. The lowest BCUT2D eigenvalue weighted by molar-refractivity contribution is -0.137. The van der Waals surface area contributed by atoms with Crippen LogP contribution >= 0.6 is 0 Å². The number of nitrogens with one attached hydrogen (secondary N) is 1. The SMILES string of the molecule is COC(=O)c1cccc(CS(=O)(=O)NC(C)c2cccc(C(F)(F)F)c2)c1. The van der Waals surface area contributed by atoms with Gasteiger partial charge in [-0.05, 0) is 42.3 Å². The third-order valence-corrected chi connectivity index (χ3v) is 5.20. The van der Waals surface area contributed by atoms with Crippen LogP contribution in [0.5, 0.6) is 0 Å². The topological polar surface area (TPSA) is 72.5 Å². The molecule has 2 aromatic rings. The summed E-state index contributed by atoms with van der Waals surface area (Å²) in [5.74, 6) is -1.03. The van der Waals surface area contributed by atoms with E-state index in [0.29, 0.717) is 5.56 Å². The van der Waals surface area contributed by atoms with Gasteiger partial charge in [0.15, 0.2) is 0 Å². The molecule has 1 atom stereocenters. The van der Waals surface area contributed by atoms with Crippen LogP contribution in [0.15, 0.2) is 48.5 Å². The summed E-state index contributed by atoms with van der Waals surface area (Å²) in [4.78, 5) is 11.5. The summed E-state index contributed by atoms with van der Waals surface area (Å²) in [6.07, 6.45) is -4.51. The highest BCUT2D eigenvalue weighted by molar-refractivity contribution is 7.88. The zero-order valence-electron chi connectivity index (χ0n) is 14.6. The number of halogens is 3. The molecule has 0 saturated carbocycles. The number of hydrogen-bond donors (Lipinski definition) is 1. The second-order valence-corrected chi connectivity index (χ2v) is 7.67. The molecule has 9 heteroatoms. The predicted molar refractivity (Wildman–Crippen MR) is 93.4 cm³/mol. The first kappa shape index (κ1) is 20.9. The fourth-order valence-corrected chi connectivity index (χ4v) is 3.87. The van der Waals surface area contributed by atoms with Gasteiger partial charge in [-0.15, -0.1) is 0 Å². The third kappa shape index (κ3) is 5.80. The van der Waals surface area contributed by atoms with Crippen molar-refractivity contribution in [3.63, 3.8) is 0 Å². The molecular weight excluding hydrogens is 383 g/mol. The zero-order valence-corrected chi connectivity index (χ0v) is 15.4. The van der Waals surface area contributed by atoms with Gasteiger partial charge in [0.2, 0.25) is 10.0 Å². The standard InChI is InChI=1S/C18H18F3NO4S/c1-12(14-6-4-8-16(10-14)18(19,20)21)22-27(24,25)11-13-5-3-7-15(9-13)17(23)26-2/h3-10,12,22H,11H2,1-2H3. The Kier molecular flexibility index (Phi) is 6.27. The van der Waals surface area contributed by atoms with Crippen LogP contribution in [0.3, 0.4) is 0 Å². The Bertz CT molecular complexity index is 926. The van der Waals surface area contributed by atoms with E-state index in [4.69, 9.17) is 0 Å². The molecule has 27 heavy (non-hydrogen) atoms. The normalized spacial score (nSPS) is 13.2. The zero-order chi connectivity index (χ0) is 20.2. The first-order chi connectivity index (χ1) is 12.5. The van der Waals surface area contributed by atoms with Crippen LogP contribution in [-0.4, -0.2) is 21.5 Å². The summed E-state index contributed by atoms with van der Waals surface area (Å²) < 4.78 is 70.1. The van der Waals surface area contributed by atoms with Crippen LogP contribution in [0, 0.1) is 0 Å². The van der Waals surface area contributed by atoms with Crippen LogP contribution in [0.4, 0.5) is 13.2 Å². The van der Waals surface area contributed by atoms with Crippen molar-refractivity contribution < 1.29 is 31.1 Å². The first-order valence-corrected chi connectivity index (χ1v) is 9.51. The number of sulfonamides is 1. The highest BCUT2D eigenvalue weighted by Crippen LogP contribution is 2.30. The van der Waals surface area contributed by atoms with Gasteiger partial charge < -0.3 is 4.74 Å². The van der Waals surface area contributed by atoms with Gasteiger partial charge in [-0.1, -0.05) is 24.3 Å². The quantitative estimate of drug-likeness (QED) is 0.750. The van der Waals surface area contributed by atoms with Crippen LogP contribution < -0.4 is 4.72 Å². The average Bonchev–Trinajstić information content (AvgIpc) is 2.59. The summed E-state index contributed by atoms with van der Waals surface area (Å²) in [5.41, 5.74) is -0.105. The number of esters is 1.